The lowest BCUT2D eigenvalue weighted by atomic mass is 10.4. The summed E-state index contributed by atoms with van der Waals surface area (Å²) in [7, 11) is 0. The lowest BCUT2D eigenvalue weighted by Gasteiger charge is -2.05. The van der Waals surface area contributed by atoms with Crippen LogP contribution in [0.5, 0.6) is 0 Å². The number of carboxylic acid groups (broad SMARTS) is 1. The second-order valence-corrected chi connectivity index (χ2v) is 6.19. The average Bonchev–Trinajstić information content (AvgIpc) is 2.04. The molecule has 0 spiro atoms. The minimum atomic E-state index is -0.802. The van der Waals surface area contributed by atoms with Gasteiger partial charge in [0.1, 0.15) is 8.78 Å². The first-order valence-electron chi connectivity index (χ1n) is 4.14. The van der Waals surface area contributed by atoms with Crippen LogP contribution in [-0.4, -0.2) is 25.6 Å². The molecule has 1 atom stereocenters. The topological polar surface area (TPSA) is 37.3 Å². The Hall–Kier alpha value is 0.260. The predicted molar refractivity (Wildman–Crippen MR) is 64.7 cm³/mol. The Kier molecular flexibility index (Phi) is 7.80. The Morgan fingerprint density at radius 1 is 1.62 bits per heavy atom. The quantitative estimate of drug-likeness (QED) is 0.588. The lowest BCUT2D eigenvalue weighted by Crippen LogP contribution is -2.12. The van der Waals surface area contributed by atoms with Crippen molar-refractivity contribution in [1.82, 2.24) is 0 Å². The molecule has 0 aromatic rings. The van der Waals surface area contributed by atoms with E-state index in [0.29, 0.717) is 0 Å². The SMILES string of the molecule is CCCCSC(=S)S[C@@H](C)C(=O)O. The molecular weight excluding hydrogens is 224 g/mol. The molecule has 0 amide bonds. The van der Waals surface area contributed by atoms with E-state index in [1.807, 2.05) is 0 Å². The van der Waals surface area contributed by atoms with Crippen molar-refractivity contribution >= 4 is 45.2 Å². The van der Waals surface area contributed by atoms with Crippen LogP contribution in [0.15, 0.2) is 0 Å². The summed E-state index contributed by atoms with van der Waals surface area (Å²) in [6, 6.07) is 0. The highest BCUT2D eigenvalue weighted by Gasteiger charge is 2.13. The zero-order valence-electron chi connectivity index (χ0n) is 7.78. The number of carbonyl (C=O) groups is 1. The Balaban J connectivity index is 3.56. The van der Waals surface area contributed by atoms with Gasteiger partial charge in [-0.25, -0.2) is 0 Å². The molecule has 0 rings (SSSR count). The highest BCUT2D eigenvalue weighted by molar-refractivity contribution is 8.47. The van der Waals surface area contributed by atoms with Gasteiger partial charge < -0.3 is 5.11 Å². The minimum Gasteiger partial charge on any atom is -0.480 e. The second kappa shape index (κ2) is 7.64. The fourth-order valence-electron chi connectivity index (χ4n) is 0.529. The van der Waals surface area contributed by atoms with E-state index in [-0.39, 0.29) is 0 Å². The van der Waals surface area contributed by atoms with Crippen molar-refractivity contribution in [3.05, 3.63) is 0 Å². The molecule has 0 unspecified atom stereocenters. The Morgan fingerprint density at radius 3 is 2.69 bits per heavy atom. The van der Waals surface area contributed by atoms with Crippen LogP contribution in [0.25, 0.3) is 0 Å². The number of hydrogen-bond donors (Lipinski definition) is 1. The van der Waals surface area contributed by atoms with E-state index in [2.05, 4.69) is 6.92 Å². The number of thioether (sulfide) groups is 2. The van der Waals surface area contributed by atoms with Crippen LogP contribution in [0, 0.1) is 0 Å². The van der Waals surface area contributed by atoms with Gasteiger partial charge in [0.15, 0.2) is 0 Å². The van der Waals surface area contributed by atoms with E-state index < -0.39 is 11.2 Å². The zero-order chi connectivity index (χ0) is 10.3. The molecule has 2 nitrogen and oxygen atoms in total. The molecule has 0 aliphatic heterocycles. The second-order valence-electron chi connectivity index (χ2n) is 2.55. The maximum Gasteiger partial charge on any atom is 0.316 e. The number of hydrogen-bond acceptors (Lipinski definition) is 4. The van der Waals surface area contributed by atoms with Gasteiger partial charge >= 0.3 is 5.97 Å². The molecule has 0 heterocycles. The highest BCUT2D eigenvalue weighted by atomic mass is 32.2. The van der Waals surface area contributed by atoms with Crippen molar-refractivity contribution in [3.63, 3.8) is 0 Å². The van der Waals surface area contributed by atoms with Crippen molar-refractivity contribution in [3.8, 4) is 0 Å². The predicted octanol–water partition coefficient (Wildman–Crippen LogP) is 3.01. The standard InChI is InChI=1S/C8H14O2S3/c1-3-4-5-12-8(11)13-6(2)7(9)10/h6H,3-5H2,1-2H3,(H,9,10)/t6-/m0/s1. The number of aliphatic carboxylic acids is 1. The maximum absolute atomic E-state index is 10.5. The molecule has 0 aromatic carbocycles. The van der Waals surface area contributed by atoms with E-state index in [0.717, 1.165) is 22.1 Å². The van der Waals surface area contributed by atoms with Gasteiger partial charge in [-0.15, -0.1) is 11.8 Å². The molecule has 0 radical (unpaired) electrons. The molecule has 5 heteroatoms. The van der Waals surface area contributed by atoms with Gasteiger partial charge in [0, 0.05) is 0 Å². The number of rotatable bonds is 5. The lowest BCUT2D eigenvalue weighted by molar-refractivity contribution is -0.136. The van der Waals surface area contributed by atoms with Crippen molar-refractivity contribution in [2.24, 2.45) is 0 Å². The van der Waals surface area contributed by atoms with Crippen LogP contribution < -0.4 is 0 Å². The normalized spacial score (nSPS) is 12.5. The third-order valence-electron chi connectivity index (χ3n) is 1.34. The van der Waals surface area contributed by atoms with E-state index in [4.69, 9.17) is 17.3 Å². The van der Waals surface area contributed by atoms with Gasteiger partial charge in [-0.3, -0.25) is 4.79 Å². The van der Waals surface area contributed by atoms with E-state index in [9.17, 15) is 4.79 Å². The molecule has 1 N–H and O–H groups in total. The number of carboxylic acids is 1. The monoisotopic (exact) mass is 238 g/mol. The van der Waals surface area contributed by atoms with Crippen LogP contribution >= 0.6 is 35.7 Å². The van der Waals surface area contributed by atoms with Crippen LogP contribution in [0.3, 0.4) is 0 Å². The maximum atomic E-state index is 10.5. The molecule has 0 aromatic heterocycles. The fourth-order valence-corrected chi connectivity index (χ4v) is 3.16. The summed E-state index contributed by atoms with van der Waals surface area (Å²) in [4.78, 5) is 10.5. The molecule has 0 saturated carbocycles. The molecule has 76 valence electrons. The highest BCUT2D eigenvalue weighted by Crippen LogP contribution is 2.22. The third-order valence-corrected chi connectivity index (χ3v) is 4.10. The van der Waals surface area contributed by atoms with Crippen LogP contribution in [-0.2, 0) is 4.79 Å². The van der Waals surface area contributed by atoms with Crippen LogP contribution in [0.1, 0.15) is 26.7 Å². The van der Waals surface area contributed by atoms with Crippen LogP contribution in [0.2, 0.25) is 0 Å². The van der Waals surface area contributed by atoms with Gasteiger partial charge in [0.25, 0.3) is 0 Å². The molecule has 0 bridgehead atoms. The summed E-state index contributed by atoms with van der Waals surface area (Å²) in [5.41, 5.74) is 0. The van der Waals surface area contributed by atoms with Crippen LogP contribution in [0.4, 0.5) is 0 Å². The van der Waals surface area contributed by atoms with Gasteiger partial charge in [0.05, 0.1) is 0 Å². The molecule has 0 aliphatic carbocycles. The molecule has 0 aliphatic rings. The largest absolute Gasteiger partial charge is 0.480 e. The molecule has 0 fully saturated rings. The first kappa shape index (κ1) is 13.3. The molecule has 0 saturated heterocycles. The Labute approximate surface area is 92.9 Å². The Morgan fingerprint density at radius 2 is 2.23 bits per heavy atom. The first-order valence-corrected chi connectivity index (χ1v) is 6.41. The number of thiocarbonyl (C=S) groups is 1. The van der Waals surface area contributed by atoms with E-state index in [1.165, 1.54) is 11.8 Å². The van der Waals surface area contributed by atoms with Crippen molar-refractivity contribution in [2.75, 3.05) is 5.75 Å². The van der Waals surface area contributed by atoms with Gasteiger partial charge in [-0.05, 0) is 19.1 Å². The van der Waals surface area contributed by atoms with Gasteiger partial charge in [-0.2, -0.15) is 0 Å². The van der Waals surface area contributed by atoms with Crippen molar-refractivity contribution < 1.29 is 9.90 Å². The summed E-state index contributed by atoms with van der Waals surface area (Å²) in [5, 5.41) is 8.18. The summed E-state index contributed by atoms with van der Waals surface area (Å²) in [5.74, 6) is 0.192. The molecule has 13 heavy (non-hydrogen) atoms. The smallest absolute Gasteiger partial charge is 0.316 e. The van der Waals surface area contributed by atoms with E-state index >= 15 is 0 Å². The van der Waals surface area contributed by atoms with Crippen molar-refractivity contribution in [1.29, 1.82) is 0 Å². The summed E-state index contributed by atoms with van der Waals surface area (Å²) >= 11 is 7.86. The Bertz CT molecular complexity index is 182. The molecular formula is C8H14O2S3. The van der Waals surface area contributed by atoms with Gasteiger partial charge in [-0.1, -0.05) is 37.3 Å². The number of unbranched alkanes of at least 4 members (excludes halogenated alkanes) is 1. The fraction of sp³-hybridized carbons (Fsp3) is 0.750. The van der Waals surface area contributed by atoms with Crippen molar-refractivity contribution in [2.45, 2.75) is 31.9 Å². The van der Waals surface area contributed by atoms with Gasteiger partial charge in [0.2, 0.25) is 0 Å². The summed E-state index contributed by atoms with van der Waals surface area (Å²) in [6.07, 6.45) is 2.28. The average molecular weight is 238 g/mol. The summed E-state index contributed by atoms with van der Waals surface area (Å²) in [6.45, 7) is 3.77. The zero-order valence-corrected chi connectivity index (χ0v) is 10.2. The third kappa shape index (κ3) is 7.34. The minimum absolute atomic E-state index is 0.429. The summed E-state index contributed by atoms with van der Waals surface area (Å²) < 4.78 is 0.739. The first-order chi connectivity index (χ1) is 6.07. The van der Waals surface area contributed by atoms with E-state index in [1.54, 1.807) is 18.7 Å².